The van der Waals surface area contributed by atoms with Crippen molar-refractivity contribution in [2.24, 2.45) is 6.66 Å². The number of anilines is 2. The van der Waals surface area contributed by atoms with E-state index in [-0.39, 0.29) is 17.5 Å². The number of aryl methyl sites for hydroxylation is 1. The zero-order chi connectivity index (χ0) is 99.0. The first-order valence-corrected chi connectivity index (χ1v) is 54.3. The molecule has 724 valence electrons. The number of rotatable bonds is 19. The summed E-state index contributed by atoms with van der Waals surface area (Å²) in [6.45, 7) is 16.4. The van der Waals surface area contributed by atoms with Crippen LogP contribution in [0.4, 0.5) is 11.4 Å². The fourth-order valence-electron chi connectivity index (χ4n) is 19.2. The highest BCUT2D eigenvalue weighted by atomic mass is 31.1. The van der Waals surface area contributed by atoms with Crippen molar-refractivity contribution in [2.75, 3.05) is 54.5 Å². The summed E-state index contributed by atoms with van der Waals surface area (Å²) in [7, 11) is -2.09. The van der Waals surface area contributed by atoms with E-state index >= 15 is 0 Å². The highest BCUT2D eigenvalue weighted by Gasteiger charge is 2.30. The van der Waals surface area contributed by atoms with E-state index in [2.05, 4.69) is 322 Å². The number of fused-ring (bicyclic) bond motifs is 28. The number of hydrogen-bond acceptors (Lipinski definition) is 17. The largest absolute Gasteiger partial charge is 0.497 e. The van der Waals surface area contributed by atoms with Gasteiger partial charge >= 0.3 is 36.4 Å². The Morgan fingerprint density at radius 3 is 0.959 bits per heavy atom. The molecule has 1 fully saturated rings. The van der Waals surface area contributed by atoms with Crippen molar-refractivity contribution in [1.82, 2.24) is 0 Å². The molecule has 4 aromatic heterocycles. The normalized spacial score (nSPS) is 12.4. The van der Waals surface area contributed by atoms with Gasteiger partial charge in [0.15, 0.2) is 0 Å². The van der Waals surface area contributed by atoms with Crippen LogP contribution in [0.25, 0.3) is 186 Å². The average Bonchev–Trinajstić information content (AvgIpc) is 1.68. The van der Waals surface area contributed by atoms with Crippen LogP contribution in [0.15, 0.2) is 404 Å². The van der Waals surface area contributed by atoms with Gasteiger partial charge in [0.2, 0.25) is 8.01 Å². The van der Waals surface area contributed by atoms with Gasteiger partial charge in [0, 0.05) is 87.1 Å². The molecule has 0 spiro atoms. The third-order valence-electron chi connectivity index (χ3n) is 26.4. The van der Waals surface area contributed by atoms with Gasteiger partial charge < -0.3 is 52.5 Å². The fourth-order valence-corrected chi connectivity index (χ4v) is 24.7. The molecule has 1 saturated heterocycles. The van der Waals surface area contributed by atoms with Crippen LogP contribution >= 0.6 is 32.5 Å². The minimum absolute atomic E-state index is 0.167. The molecule has 0 unspecified atom stereocenters. The second-order valence-corrected chi connectivity index (χ2v) is 42.2. The summed E-state index contributed by atoms with van der Waals surface area (Å²) in [6.07, 6.45) is 12.6. The summed E-state index contributed by atoms with van der Waals surface area (Å²) in [6, 6.07) is 123. The maximum Gasteiger partial charge on any atom is 0.346 e. The van der Waals surface area contributed by atoms with E-state index in [9.17, 15) is 9.59 Å². The molecule has 5 heterocycles. The molecule has 1 aliphatic rings. The van der Waals surface area contributed by atoms with Crippen molar-refractivity contribution in [3.05, 3.63) is 387 Å². The average molecular weight is 1990 g/mol. The van der Waals surface area contributed by atoms with Crippen molar-refractivity contribution < 1.29 is 62.1 Å². The van der Waals surface area contributed by atoms with E-state index in [0.717, 1.165) is 210 Å². The summed E-state index contributed by atoms with van der Waals surface area (Å²) in [5, 5.41) is 26.7. The molecule has 0 radical (unpaired) electrons. The van der Waals surface area contributed by atoms with Gasteiger partial charge in [-0.05, 0) is 271 Å². The molecule has 0 atom stereocenters. The van der Waals surface area contributed by atoms with Gasteiger partial charge in [-0.15, -0.1) is 0 Å². The number of nitrogens with zero attached hydrogens (tertiary/aromatic N) is 3. The van der Waals surface area contributed by atoms with Crippen LogP contribution in [0.3, 0.4) is 0 Å². The molecule has 23 aromatic rings. The van der Waals surface area contributed by atoms with Gasteiger partial charge in [0.1, 0.15) is 56.2 Å². The predicted octanol–water partition coefficient (Wildman–Crippen LogP) is 36.9. The minimum Gasteiger partial charge on any atom is -0.497 e. The lowest BCUT2D eigenvalue weighted by atomic mass is 9.96. The number of carbonyl (C=O) groups is 2. The minimum atomic E-state index is -1.67. The summed E-state index contributed by atoms with van der Waals surface area (Å²) in [4.78, 5) is 24.1. The summed E-state index contributed by atoms with van der Waals surface area (Å²) in [5.74, 6) is 0.885. The van der Waals surface area contributed by atoms with Gasteiger partial charge in [-0.2, -0.15) is 4.67 Å². The van der Waals surface area contributed by atoms with Crippen molar-refractivity contribution in [3.63, 3.8) is 0 Å². The van der Waals surface area contributed by atoms with Gasteiger partial charge in [0.25, 0.3) is 0 Å². The Hall–Kier alpha value is -15.4. The first kappa shape index (κ1) is 95.8. The number of esters is 2. The molecular weight excluding hydrogens is 1880 g/mol. The number of benzene rings is 19. The zero-order valence-corrected chi connectivity index (χ0v) is 85.6. The summed E-state index contributed by atoms with van der Waals surface area (Å²) < 4.78 is 81.3. The first-order valence-electron chi connectivity index (χ1n) is 49.2. The quantitative estimate of drug-likeness (QED) is 0.0422. The third kappa shape index (κ3) is 20.4. The van der Waals surface area contributed by atoms with E-state index < -0.39 is 32.5 Å². The van der Waals surface area contributed by atoms with E-state index in [4.69, 9.17) is 52.5 Å². The number of methoxy groups -OCH3 is 2. The van der Waals surface area contributed by atoms with Crippen LogP contribution in [-0.4, -0.2) is 58.0 Å². The predicted molar refractivity (Wildman–Crippen MR) is 605 cm³/mol. The lowest BCUT2D eigenvalue weighted by molar-refractivity contribution is -0.138. The monoisotopic (exact) mass is 1990 g/mol. The van der Waals surface area contributed by atoms with Gasteiger partial charge in [-0.1, -0.05) is 275 Å². The van der Waals surface area contributed by atoms with Crippen LogP contribution in [0, 0.1) is 0 Å². The summed E-state index contributed by atoms with van der Waals surface area (Å²) >= 11 is 0. The second kappa shape index (κ2) is 43.0. The molecule has 21 heteroatoms. The molecule has 0 amide bonds. The Kier molecular flexibility index (Phi) is 28.4. The molecule has 0 bridgehead atoms. The van der Waals surface area contributed by atoms with Gasteiger partial charge in [0.05, 0.1) is 38.8 Å². The van der Waals surface area contributed by atoms with Gasteiger partial charge in [-0.3, -0.25) is 0 Å². The highest BCUT2D eigenvalue weighted by Crippen LogP contribution is 2.52. The Labute approximate surface area is 843 Å². The number of ether oxygens (including phenoxy) is 4. The smallest absolute Gasteiger partial charge is 0.346 e. The first-order chi connectivity index (χ1) is 71.1. The maximum absolute atomic E-state index is 12.1. The molecule has 19 aromatic carbocycles. The second-order valence-electron chi connectivity index (χ2n) is 37.0. The maximum atomic E-state index is 12.1. The lowest BCUT2D eigenvalue weighted by Gasteiger charge is -2.32. The van der Waals surface area contributed by atoms with Crippen LogP contribution < -0.4 is 23.5 Å². The topological polar surface area (TPSA) is 186 Å². The molecule has 17 nitrogen and oxygen atoms in total. The van der Waals surface area contributed by atoms with Crippen molar-refractivity contribution in [2.45, 2.75) is 85.2 Å². The number of hydrogen-bond donors (Lipinski definition) is 0. The molecule has 24 rings (SSSR count). The van der Waals surface area contributed by atoms with Gasteiger partial charge in [-0.25, -0.2) is 18.9 Å². The lowest BCUT2D eigenvalue weighted by Crippen LogP contribution is -2.38. The molecule has 145 heavy (non-hydrogen) atoms. The molecule has 0 aliphatic carbocycles. The Morgan fingerprint density at radius 1 is 0.338 bits per heavy atom. The van der Waals surface area contributed by atoms with Crippen molar-refractivity contribution in [3.8, 4) is 11.5 Å². The molecule has 0 N–H and O–H groups in total. The molecule has 0 saturated carbocycles. The number of unbranched alkanes of at least 4 members (excludes halogenated alkanes) is 2. The van der Waals surface area contributed by atoms with E-state index in [0.29, 0.717) is 13.2 Å². The molecule has 1 aliphatic heterocycles. The van der Waals surface area contributed by atoms with Crippen molar-refractivity contribution in [1.29, 1.82) is 0 Å². The van der Waals surface area contributed by atoms with E-state index in [1.54, 1.807) is 26.4 Å². The number of carbonyl (C=O) groups excluding carboxylic acids is 2. The Morgan fingerprint density at radius 2 is 0.634 bits per heavy atom. The Bertz CT molecular complexity index is 8610. The zero-order valence-electron chi connectivity index (χ0n) is 82.0. The van der Waals surface area contributed by atoms with E-state index in [1.807, 2.05) is 91.6 Å². The summed E-state index contributed by atoms with van der Waals surface area (Å²) in [5.41, 5.74) is 11.4. The highest BCUT2D eigenvalue weighted by molar-refractivity contribution is 7.40. The third-order valence-corrected chi connectivity index (χ3v) is 32.2. The Balaban J connectivity index is 0.000000115. The molecular formula is C124H109N3O14P4. The SMILES string of the molecule is CC(C)(C)N(Cc1ccccc1)p1oc2ccc3ccccc3c2c2c(ccc3ccccc32)o1.CCCCOC(=O)/C=C/c1ccc2c(ccc3op(C)oc4ccc5cc(/C=C/C(=O)OCCCC)ccc5c4c32)c1.COc1ccc(N(c2ccc(OC)cc2)p2oc3ccc4ccccc4c3c3c(ccc4ccccc43)o2)cc1.c1ccc2c(c1)ccc1op(N3CCCC3)oc3ccc4ccccc4c3c12. The van der Waals surface area contributed by atoms with Crippen LogP contribution in [-0.2, 0) is 32.3 Å². The van der Waals surface area contributed by atoms with E-state index in [1.165, 1.54) is 73.6 Å². The fraction of sp³-hybridized carbons (Fsp3) is 0.161. The van der Waals surface area contributed by atoms with Crippen LogP contribution in [0.2, 0.25) is 0 Å². The van der Waals surface area contributed by atoms with Crippen LogP contribution in [0.5, 0.6) is 11.5 Å². The van der Waals surface area contributed by atoms with Crippen LogP contribution in [0.1, 0.15) is 89.8 Å². The van der Waals surface area contributed by atoms with Crippen molar-refractivity contribution >= 4 is 242 Å². The standard InChI is InChI=1S/C35H35O6P.C34H26NO4P.C31H28NO2P.C24H20NO2P/c1-4-6-20-38-32(36)18-10-24-8-14-28-26(22-24)12-16-30-34(28)35-29-15-9-25(11-19-33(37)39-21-7-5-2)23-27(29)13-17-31(35)41-42(3)40-30;1-36-27-17-13-25(14-18-27)35(26-15-19-28(37-2)20-16-26)40-38-31-21-11-23-7-3-5-9-29(23)33(31)34-30-10-6-4-8-24(30)12-22-32(34)39-40;1-31(2,3)32(21-22-11-5-4-6-12-22)35-33-27-19-17-23-13-7-9-15-25(23)29(27)30-26-16-10-8-14-24(26)18-20-28(30)34-35;1-3-9-19-17(7-1)11-13-21-23(19)24-20-10-4-2-8-18(20)12-14-22(24)27-28(26-21)25-15-5-6-16-25/h8-19,22-23H,4-7,20-21H2,1-3H3;3-22H,1-2H3;4-20H,21H2,1-3H3;1-4,7-14H,5-6,15-16H2/b18-10+,19-11+;;;.